The summed E-state index contributed by atoms with van der Waals surface area (Å²) in [6.45, 7) is 0. The zero-order valence-electron chi connectivity index (χ0n) is 42.4. The third-order valence-electron chi connectivity index (χ3n) is 15.3. The molecule has 0 N–H and O–H groups in total. The standard InChI is InChI=1S/C63H42N4.C10H8/c1-66(49-31-28-41-14-2-5-19-46(41)34-49)60-37-56-58(39-64-60)63(55-27-13-23-45-18-9-11-25-53(45)55)57-38-61(65-40-59(57)62(56)54-26-12-22-44-17-8-10-24-52(44)54)67(50-32-29-42-15-3-6-20-47(42)35-50)51-33-30-43-16-4-7-21-48(43)36-51;1-2-6-10-8-4-3-7-9(10)5-1/h2-40H,1H3;1-8H. The fourth-order valence-electron chi connectivity index (χ4n) is 11.5. The number of hydrogen-bond donors (Lipinski definition) is 0. The zero-order valence-corrected chi connectivity index (χ0v) is 42.4. The van der Waals surface area contributed by atoms with Gasteiger partial charge in [0, 0.05) is 47.3 Å². The molecule has 13 aromatic carbocycles. The van der Waals surface area contributed by atoms with Gasteiger partial charge in [0.05, 0.1) is 0 Å². The minimum absolute atomic E-state index is 0.823. The largest absolute Gasteiger partial charge is 0.329 e. The Hall–Kier alpha value is -10.2. The van der Waals surface area contributed by atoms with E-state index >= 15 is 0 Å². The lowest BCUT2D eigenvalue weighted by molar-refractivity contribution is 1.14. The van der Waals surface area contributed by atoms with E-state index in [9.17, 15) is 0 Å². The Bertz CT molecular complexity index is 4600. The smallest absolute Gasteiger partial charge is 0.138 e. The van der Waals surface area contributed by atoms with Crippen LogP contribution in [0.3, 0.4) is 0 Å². The summed E-state index contributed by atoms with van der Waals surface area (Å²) in [7, 11) is 2.12. The van der Waals surface area contributed by atoms with Crippen molar-refractivity contribution < 1.29 is 0 Å². The van der Waals surface area contributed by atoms with Crippen LogP contribution in [-0.4, -0.2) is 17.0 Å². The molecule has 4 heteroatoms. The van der Waals surface area contributed by atoms with Gasteiger partial charge in [-0.3, -0.25) is 4.90 Å². The fraction of sp³-hybridized carbons (Fsp3) is 0.0137. The highest BCUT2D eigenvalue weighted by Crippen LogP contribution is 2.49. The van der Waals surface area contributed by atoms with Gasteiger partial charge in [-0.25, -0.2) is 9.97 Å². The Kier molecular flexibility index (Phi) is 11.4. The third-order valence-corrected chi connectivity index (χ3v) is 15.3. The van der Waals surface area contributed by atoms with E-state index in [0.29, 0.717) is 0 Å². The predicted molar refractivity (Wildman–Crippen MR) is 329 cm³/mol. The van der Waals surface area contributed by atoms with Crippen LogP contribution < -0.4 is 9.80 Å². The van der Waals surface area contributed by atoms with Crippen molar-refractivity contribution in [3.05, 3.63) is 285 Å². The lowest BCUT2D eigenvalue weighted by Crippen LogP contribution is -2.12. The molecule has 0 saturated heterocycles. The highest BCUT2D eigenvalue weighted by atomic mass is 15.2. The van der Waals surface area contributed by atoms with Gasteiger partial charge in [0.1, 0.15) is 11.6 Å². The molecule has 0 aliphatic heterocycles. The van der Waals surface area contributed by atoms with Crippen molar-refractivity contribution in [2.24, 2.45) is 0 Å². The van der Waals surface area contributed by atoms with Crippen LogP contribution >= 0.6 is 0 Å². The highest BCUT2D eigenvalue weighted by molar-refractivity contribution is 6.25. The molecule has 0 atom stereocenters. The van der Waals surface area contributed by atoms with Crippen LogP contribution in [0, 0.1) is 0 Å². The first kappa shape index (κ1) is 45.5. The van der Waals surface area contributed by atoms with E-state index in [0.717, 1.165) is 72.5 Å². The molecule has 2 heterocycles. The Labute approximate surface area is 447 Å². The quantitative estimate of drug-likeness (QED) is 0.149. The normalized spacial score (nSPS) is 11.4. The molecule has 0 spiro atoms. The van der Waals surface area contributed by atoms with Crippen molar-refractivity contribution in [1.82, 2.24) is 9.97 Å². The van der Waals surface area contributed by atoms with Gasteiger partial charge < -0.3 is 4.90 Å². The number of rotatable bonds is 7. The number of anilines is 5. The summed E-state index contributed by atoms with van der Waals surface area (Å²) in [4.78, 5) is 15.4. The summed E-state index contributed by atoms with van der Waals surface area (Å²) < 4.78 is 0. The zero-order chi connectivity index (χ0) is 51.2. The minimum atomic E-state index is 0.823. The van der Waals surface area contributed by atoms with E-state index in [4.69, 9.17) is 9.97 Å². The molecule has 2 aromatic heterocycles. The van der Waals surface area contributed by atoms with Crippen molar-refractivity contribution in [3.8, 4) is 22.3 Å². The molecule has 4 nitrogen and oxygen atoms in total. The first-order valence-electron chi connectivity index (χ1n) is 26.3. The Morgan fingerprint density at radius 3 is 1.01 bits per heavy atom. The van der Waals surface area contributed by atoms with Crippen LogP contribution in [0.25, 0.3) is 108 Å². The lowest BCUT2D eigenvalue weighted by Gasteiger charge is -2.27. The average molecular weight is 983 g/mol. The van der Waals surface area contributed by atoms with E-state index in [-0.39, 0.29) is 0 Å². The van der Waals surface area contributed by atoms with E-state index in [2.05, 4.69) is 302 Å². The Morgan fingerprint density at radius 2 is 0.571 bits per heavy atom. The van der Waals surface area contributed by atoms with Crippen LogP contribution in [0.1, 0.15) is 0 Å². The van der Waals surface area contributed by atoms with Crippen LogP contribution in [0.4, 0.5) is 28.7 Å². The van der Waals surface area contributed by atoms with Crippen LogP contribution in [-0.2, 0) is 0 Å². The summed E-state index contributed by atoms with van der Waals surface area (Å²) >= 11 is 0. The molecule has 0 unspecified atom stereocenters. The SMILES string of the molecule is CN(c1ccc2ccccc2c1)c1cc2c(-c3cccc4ccccc34)c3cnc(N(c4ccc5ccccc5c4)c4ccc5ccccc5c4)cc3c(-c3cccc4ccccc34)c2cn1.c1ccc2ccccc2c1. The van der Waals surface area contributed by atoms with Gasteiger partial charge in [0.2, 0.25) is 0 Å². The van der Waals surface area contributed by atoms with Gasteiger partial charge >= 0.3 is 0 Å². The molecule has 362 valence electrons. The minimum Gasteiger partial charge on any atom is -0.329 e. The summed E-state index contributed by atoms with van der Waals surface area (Å²) in [5, 5.41) is 18.8. The second kappa shape index (κ2) is 19.3. The molecule has 0 bridgehead atoms. The summed E-state index contributed by atoms with van der Waals surface area (Å²) in [5.41, 5.74) is 7.69. The Morgan fingerprint density at radius 1 is 0.247 bits per heavy atom. The van der Waals surface area contributed by atoms with Crippen molar-refractivity contribution in [2.75, 3.05) is 16.8 Å². The van der Waals surface area contributed by atoms with Gasteiger partial charge in [-0.1, -0.05) is 224 Å². The monoisotopic (exact) mass is 982 g/mol. The summed E-state index contributed by atoms with van der Waals surface area (Å²) in [6, 6.07) is 97.7. The topological polar surface area (TPSA) is 32.3 Å². The van der Waals surface area contributed by atoms with E-state index in [1.165, 1.54) is 64.6 Å². The maximum absolute atomic E-state index is 5.52. The van der Waals surface area contributed by atoms with Crippen LogP contribution in [0.15, 0.2) is 285 Å². The number of hydrogen-bond acceptors (Lipinski definition) is 4. The van der Waals surface area contributed by atoms with E-state index in [1.54, 1.807) is 0 Å². The molecule has 15 rings (SSSR count). The van der Waals surface area contributed by atoms with E-state index in [1.807, 2.05) is 0 Å². The second-order valence-electron chi connectivity index (χ2n) is 19.8. The molecular weight excluding hydrogens is 933 g/mol. The number of benzene rings is 13. The second-order valence-corrected chi connectivity index (χ2v) is 19.8. The van der Waals surface area contributed by atoms with Gasteiger partial charge in [0.25, 0.3) is 0 Å². The van der Waals surface area contributed by atoms with Gasteiger partial charge in [-0.15, -0.1) is 0 Å². The molecule has 0 fully saturated rings. The molecule has 77 heavy (non-hydrogen) atoms. The summed E-state index contributed by atoms with van der Waals surface area (Å²) in [6.07, 6.45) is 4.23. The molecular formula is C73H50N4. The predicted octanol–water partition coefficient (Wildman–Crippen LogP) is 20.0. The highest BCUT2D eigenvalue weighted by Gasteiger charge is 2.24. The van der Waals surface area contributed by atoms with Gasteiger partial charge in [-0.05, 0) is 146 Å². The van der Waals surface area contributed by atoms with Crippen molar-refractivity contribution >= 4 is 115 Å². The molecule has 0 amide bonds. The average Bonchev–Trinajstić information content (AvgIpc) is 3.60. The molecule has 15 aromatic rings. The van der Waals surface area contributed by atoms with Crippen LogP contribution in [0.5, 0.6) is 0 Å². The number of pyridine rings is 2. The first-order chi connectivity index (χ1) is 38.1. The van der Waals surface area contributed by atoms with E-state index < -0.39 is 0 Å². The fourth-order valence-corrected chi connectivity index (χ4v) is 11.5. The number of fused-ring (bicyclic) bond motifs is 8. The molecule has 0 radical (unpaired) electrons. The lowest BCUT2D eigenvalue weighted by atomic mass is 9.84. The third kappa shape index (κ3) is 8.30. The number of aromatic nitrogens is 2. The number of nitrogens with zero attached hydrogens (tertiary/aromatic N) is 4. The van der Waals surface area contributed by atoms with Crippen molar-refractivity contribution in [1.29, 1.82) is 0 Å². The van der Waals surface area contributed by atoms with Gasteiger partial charge in [0.15, 0.2) is 0 Å². The van der Waals surface area contributed by atoms with Crippen molar-refractivity contribution in [2.45, 2.75) is 0 Å². The maximum Gasteiger partial charge on any atom is 0.138 e. The molecule has 0 aliphatic carbocycles. The maximum atomic E-state index is 5.52. The molecule has 0 aliphatic rings. The van der Waals surface area contributed by atoms with Crippen LogP contribution in [0.2, 0.25) is 0 Å². The summed E-state index contributed by atoms with van der Waals surface area (Å²) in [5.74, 6) is 1.68. The molecule has 0 saturated carbocycles. The Balaban J connectivity index is 0.000000484. The van der Waals surface area contributed by atoms with Crippen molar-refractivity contribution in [3.63, 3.8) is 0 Å². The van der Waals surface area contributed by atoms with Gasteiger partial charge in [-0.2, -0.15) is 0 Å². The first-order valence-corrected chi connectivity index (χ1v) is 26.3.